The minimum atomic E-state index is -0.335. The highest BCUT2D eigenvalue weighted by Crippen LogP contribution is 2.16. The highest BCUT2D eigenvalue weighted by molar-refractivity contribution is 7.15. The van der Waals surface area contributed by atoms with Crippen molar-refractivity contribution in [2.75, 3.05) is 5.32 Å². The fourth-order valence-electron chi connectivity index (χ4n) is 1.31. The van der Waals surface area contributed by atoms with Crippen molar-refractivity contribution in [3.63, 3.8) is 0 Å². The van der Waals surface area contributed by atoms with Crippen LogP contribution in [0, 0.1) is 6.92 Å². The smallest absolute Gasteiger partial charge is 0.295 e. The molecule has 0 aromatic carbocycles. The van der Waals surface area contributed by atoms with Crippen molar-refractivity contribution < 1.29 is 4.79 Å². The molecule has 0 fully saturated rings. The number of aromatic nitrogens is 4. The number of amides is 1. The van der Waals surface area contributed by atoms with Crippen molar-refractivity contribution >= 4 is 22.4 Å². The summed E-state index contributed by atoms with van der Waals surface area (Å²) in [4.78, 5) is 20.9. The third kappa shape index (κ3) is 2.88. The van der Waals surface area contributed by atoms with Gasteiger partial charge in [0.05, 0.1) is 0 Å². The van der Waals surface area contributed by atoms with Crippen molar-refractivity contribution in [3.8, 4) is 0 Å². The number of H-pyrrole nitrogens is 1. The molecular weight excluding hydrogens is 238 g/mol. The summed E-state index contributed by atoms with van der Waals surface area (Å²) in [6.45, 7) is 3.97. The van der Waals surface area contributed by atoms with Gasteiger partial charge in [-0.25, -0.2) is 9.97 Å². The Labute approximate surface area is 103 Å². The van der Waals surface area contributed by atoms with Crippen LogP contribution in [0.4, 0.5) is 5.13 Å². The molecule has 17 heavy (non-hydrogen) atoms. The number of hydrogen-bond donors (Lipinski definition) is 2. The SMILES string of the molecule is CCCc1nc(C(=O)Nc2ncc(C)s2)n[nH]1. The molecule has 0 atom stereocenters. The molecule has 0 aliphatic heterocycles. The first-order valence-electron chi connectivity index (χ1n) is 5.34. The van der Waals surface area contributed by atoms with E-state index in [1.807, 2.05) is 13.8 Å². The molecule has 6 nitrogen and oxygen atoms in total. The zero-order valence-electron chi connectivity index (χ0n) is 9.65. The number of anilines is 1. The number of carbonyl (C=O) groups is 1. The van der Waals surface area contributed by atoms with Crippen LogP contribution in [0.15, 0.2) is 6.20 Å². The van der Waals surface area contributed by atoms with Crippen LogP contribution in [0.5, 0.6) is 0 Å². The Morgan fingerprint density at radius 2 is 2.41 bits per heavy atom. The highest BCUT2D eigenvalue weighted by atomic mass is 32.1. The quantitative estimate of drug-likeness (QED) is 0.867. The maximum absolute atomic E-state index is 11.8. The van der Waals surface area contributed by atoms with E-state index in [-0.39, 0.29) is 11.7 Å². The number of thiazole rings is 1. The lowest BCUT2D eigenvalue weighted by molar-refractivity contribution is 0.101. The van der Waals surface area contributed by atoms with Gasteiger partial charge in [0, 0.05) is 17.5 Å². The lowest BCUT2D eigenvalue weighted by Crippen LogP contribution is -2.13. The lowest BCUT2D eigenvalue weighted by atomic mass is 10.3. The Balaban J connectivity index is 2.03. The van der Waals surface area contributed by atoms with Gasteiger partial charge in [0.15, 0.2) is 5.13 Å². The van der Waals surface area contributed by atoms with Crippen LogP contribution in [0.25, 0.3) is 0 Å². The minimum Gasteiger partial charge on any atom is -0.295 e. The average Bonchev–Trinajstić information content (AvgIpc) is 2.88. The van der Waals surface area contributed by atoms with E-state index in [1.165, 1.54) is 11.3 Å². The van der Waals surface area contributed by atoms with Crippen LogP contribution in [0.3, 0.4) is 0 Å². The van der Waals surface area contributed by atoms with E-state index in [9.17, 15) is 4.79 Å². The van der Waals surface area contributed by atoms with Crippen LogP contribution in [0.2, 0.25) is 0 Å². The molecule has 0 saturated heterocycles. The monoisotopic (exact) mass is 251 g/mol. The van der Waals surface area contributed by atoms with Gasteiger partial charge < -0.3 is 0 Å². The molecule has 1 amide bonds. The number of carbonyl (C=O) groups excluding carboxylic acids is 1. The third-order valence-electron chi connectivity index (χ3n) is 2.06. The van der Waals surface area contributed by atoms with Gasteiger partial charge in [-0.15, -0.1) is 16.4 Å². The van der Waals surface area contributed by atoms with Crippen LogP contribution in [0.1, 0.15) is 34.7 Å². The topological polar surface area (TPSA) is 83.6 Å². The van der Waals surface area contributed by atoms with Crippen LogP contribution in [-0.4, -0.2) is 26.1 Å². The van der Waals surface area contributed by atoms with Crippen molar-refractivity contribution in [1.29, 1.82) is 0 Å². The number of aryl methyl sites for hydroxylation is 2. The number of aromatic amines is 1. The molecule has 0 saturated carbocycles. The second kappa shape index (κ2) is 5.05. The third-order valence-corrected chi connectivity index (χ3v) is 2.89. The van der Waals surface area contributed by atoms with Gasteiger partial charge in [0.2, 0.25) is 5.82 Å². The maximum Gasteiger partial charge on any atom is 0.297 e. The Hall–Kier alpha value is -1.76. The van der Waals surface area contributed by atoms with E-state index < -0.39 is 0 Å². The van der Waals surface area contributed by atoms with Crippen LogP contribution >= 0.6 is 11.3 Å². The van der Waals surface area contributed by atoms with E-state index in [1.54, 1.807) is 6.20 Å². The van der Waals surface area contributed by atoms with Gasteiger partial charge in [0.1, 0.15) is 5.82 Å². The summed E-state index contributed by atoms with van der Waals surface area (Å²) < 4.78 is 0. The fraction of sp³-hybridized carbons (Fsp3) is 0.400. The van der Waals surface area contributed by atoms with Crippen LogP contribution < -0.4 is 5.32 Å². The summed E-state index contributed by atoms with van der Waals surface area (Å²) in [6.07, 6.45) is 3.46. The molecule has 90 valence electrons. The first kappa shape index (κ1) is 11.7. The molecule has 2 rings (SSSR count). The van der Waals surface area contributed by atoms with Gasteiger partial charge in [-0.1, -0.05) is 6.92 Å². The number of nitrogens with zero attached hydrogens (tertiary/aromatic N) is 3. The first-order chi connectivity index (χ1) is 8.19. The van der Waals surface area contributed by atoms with Crippen molar-refractivity contribution in [2.45, 2.75) is 26.7 Å². The summed E-state index contributed by atoms with van der Waals surface area (Å²) in [5.41, 5.74) is 0. The molecule has 2 heterocycles. The molecule has 0 aliphatic rings. The predicted octanol–water partition coefficient (Wildman–Crippen LogP) is 1.77. The Morgan fingerprint density at radius 1 is 1.59 bits per heavy atom. The van der Waals surface area contributed by atoms with Crippen molar-refractivity contribution in [1.82, 2.24) is 20.2 Å². The van der Waals surface area contributed by atoms with Gasteiger partial charge >= 0.3 is 0 Å². The first-order valence-corrected chi connectivity index (χ1v) is 6.15. The second-order valence-corrected chi connectivity index (χ2v) is 4.82. The zero-order chi connectivity index (χ0) is 12.3. The molecule has 7 heteroatoms. The molecule has 0 radical (unpaired) electrons. The molecule has 2 aromatic rings. The minimum absolute atomic E-state index is 0.154. The number of rotatable bonds is 4. The Bertz CT molecular complexity index is 518. The number of nitrogens with one attached hydrogen (secondary N) is 2. The molecule has 0 aliphatic carbocycles. The standard InChI is InChI=1S/C10H13N5OS/c1-3-4-7-12-8(15-14-7)9(16)13-10-11-5-6(2)17-10/h5H,3-4H2,1-2H3,(H,11,13,16)(H,12,14,15). The van der Waals surface area contributed by atoms with Gasteiger partial charge in [-0.3, -0.25) is 15.2 Å². The van der Waals surface area contributed by atoms with Crippen molar-refractivity contribution in [2.24, 2.45) is 0 Å². The normalized spacial score (nSPS) is 10.5. The Morgan fingerprint density at radius 3 is 3.06 bits per heavy atom. The van der Waals surface area contributed by atoms with E-state index in [0.717, 1.165) is 23.5 Å². The lowest BCUT2D eigenvalue weighted by Gasteiger charge is -1.95. The van der Waals surface area contributed by atoms with E-state index >= 15 is 0 Å². The van der Waals surface area contributed by atoms with Gasteiger partial charge in [0.25, 0.3) is 5.91 Å². The van der Waals surface area contributed by atoms with E-state index in [2.05, 4.69) is 25.5 Å². The highest BCUT2D eigenvalue weighted by Gasteiger charge is 2.13. The molecule has 2 N–H and O–H groups in total. The molecule has 0 unspecified atom stereocenters. The summed E-state index contributed by atoms with van der Waals surface area (Å²) in [5.74, 6) is 0.548. The van der Waals surface area contributed by atoms with Gasteiger partial charge in [-0.2, -0.15) is 0 Å². The van der Waals surface area contributed by atoms with E-state index in [0.29, 0.717) is 5.13 Å². The molecule has 0 spiro atoms. The Kier molecular flexibility index (Phi) is 3.48. The maximum atomic E-state index is 11.8. The van der Waals surface area contributed by atoms with Gasteiger partial charge in [-0.05, 0) is 13.3 Å². The molecule has 0 bridgehead atoms. The van der Waals surface area contributed by atoms with E-state index in [4.69, 9.17) is 0 Å². The summed E-state index contributed by atoms with van der Waals surface area (Å²) >= 11 is 1.42. The molecular formula is C10H13N5OS. The van der Waals surface area contributed by atoms with Crippen LogP contribution in [-0.2, 0) is 6.42 Å². The summed E-state index contributed by atoms with van der Waals surface area (Å²) in [7, 11) is 0. The van der Waals surface area contributed by atoms with Crippen molar-refractivity contribution in [3.05, 3.63) is 22.7 Å². The summed E-state index contributed by atoms with van der Waals surface area (Å²) in [5, 5.41) is 9.83. The summed E-state index contributed by atoms with van der Waals surface area (Å²) in [6, 6.07) is 0. The predicted molar refractivity (Wildman–Crippen MR) is 65.2 cm³/mol. The fourth-order valence-corrected chi connectivity index (χ4v) is 1.97. The molecule has 2 aromatic heterocycles. The second-order valence-electron chi connectivity index (χ2n) is 3.59. The zero-order valence-corrected chi connectivity index (χ0v) is 10.5. The average molecular weight is 251 g/mol. The number of hydrogen-bond acceptors (Lipinski definition) is 5. The largest absolute Gasteiger partial charge is 0.297 e.